The normalized spacial score (nSPS) is 11.8. The predicted molar refractivity (Wildman–Crippen MR) is 73.1 cm³/mol. The van der Waals surface area contributed by atoms with E-state index in [9.17, 15) is 9.18 Å². The van der Waals surface area contributed by atoms with Crippen molar-refractivity contribution in [3.05, 3.63) is 35.8 Å². The number of fused-ring (bicyclic) bond motifs is 1. The van der Waals surface area contributed by atoms with Gasteiger partial charge in [-0.3, -0.25) is 4.57 Å². The molecule has 0 amide bonds. The highest BCUT2D eigenvalue weighted by Crippen LogP contribution is 2.25. The van der Waals surface area contributed by atoms with Crippen molar-refractivity contribution in [2.75, 3.05) is 0 Å². The molecule has 2 aromatic rings. The SMILES string of the molecule is CC(C)(C)OC(=O)n1cc(CCl)c2cc(F)ccc21. The minimum atomic E-state index is -0.588. The summed E-state index contributed by atoms with van der Waals surface area (Å²) in [5, 5.41) is 0.626. The van der Waals surface area contributed by atoms with E-state index in [1.54, 1.807) is 33.0 Å². The van der Waals surface area contributed by atoms with Crippen molar-refractivity contribution in [2.24, 2.45) is 0 Å². The van der Waals surface area contributed by atoms with Gasteiger partial charge in [0.2, 0.25) is 0 Å². The lowest BCUT2D eigenvalue weighted by Crippen LogP contribution is -2.26. The van der Waals surface area contributed by atoms with Crippen molar-refractivity contribution in [3.63, 3.8) is 0 Å². The number of hydrogen-bond donors (Lipinski definition) is 0. The summed E-state index contributed by atoms with van der Waals surface area (Å²) in [5.74, 6) is -0.156. The molecule has 2 rings (SSSR count). The van der Waals surface area contributed by atoms with Crippen molar-refractivity contribution in [1.29, 1.82) is 0 Å². The average Bonchev–Trinajstić information content (AvgIpc) is 2.64. The second-order valence-corrected chi connectivity index (χ2v) is 5.57. The fourth-order valence-electron chi connectivity index (χ4n) is 1.84. The lowest BCUT2D eigenvalue weighted by atomic mass is 10.2. The number of aromatic nitrogens is 1. The summed E-state index contributed by atoms with van der Waals surface area (Å²) in [6, 6.07) is 4.22. The van der Waals surface area contributed by atoms with Gasteiger partial charge in [0.1, 0.15) is 11.4 Å². The molecule has 0 bridgehead atoms. The Hall–Kier alpha value is -1.55. The van der Waals surface area contributed by atoms with Crippen molar-refractivity contribution in [3.8, 4) is 0 Å². The number of rotatable bonds is 1. The molecule has 0 saturated carbocycles. The first-order valence-electron chi connectivity index (χ1n) is 5.90. The van der Waals surface area contributed by atoms with E-state index in [4.69, 9.17) is 16.3 Å². The van der Waals surface area contributed by atoms with Gasteiger partial charge in [0.25, 0.3) is 0 Å². The molecule has 19 heavy (non-hydrogen) atoms. The maximum absolute atomic E-state index is 13.3. The molecule has 0 saturated heterocycles. The first-order valence-corrected chi connectivity index (χ1v) is 6.44. The van der Waals surface area contributed by atoms with Crippen LogP contribution in [0, 0.1) is 5.82 Å². The highest BCUT2D eigenvalue weighted by Gasteiger charge is 2.20. The second-order valence-electron chi connectivity index (χ2n) is 5.30. The Morgan fingerprint density at radius 2 is 2.11 bits per heavy atom. The van der Waals surface area contributed by atoms with Gasteiger partial charge in [0.05, 0.1) is 5.52 Å². The Balaban J connectivity index is 2.52. The molecule has 0 aliphatic heterocycles. The first kappa shape index (κ1) is 13.9. The number of benzene rings is 1. The summed E-state index contributed by atoms with van der Waals surface area (Å²) in [6.45, 7) is 5.37. The Kier molecular flexibility index (Phi) is 3.54. The molecule has 5 heteroatoms. The zero-order valence-corrected chi connectivity index (χ0v) is 11.8. The van der Waals surface area contributed by atoms with Crippen LogP contribution in [0.5, 0.6) is 0 Å². The van der Waals surface area contributed by atoms with Gasteiger partial charge in [0.15, 0.2) is 0 Å². The quantitative estimate of drug-likeness (QED) is 0.731. The van der Waals surface area contributed by atoms with Crippen LogP contribution in [0.4, 0.5) is 9.18 Å². The van der Waals surface area contributed by atoms with E-state index in [2.05, 4.69) is 0 Å². The fourth-order valence-corrected chi connectivity index (χ4v) is 2.05. The fraction of sp³-hybridized carbons (Fsp3) is 0.357. The predicted octanol–water partition coefficient (Wildman–Crippen LogP) is 4.30. The molecule has 1 aromatic carbocycles. The maximum atomic E-state index is 13.3. The second kappa shape index (κ2) is 4.85. The van der Waals surface area contributed by atoms with Gasteiger partial charge in [-0.05, 0) is 44.5 Å². The number of carbonyl (C=O) groups is 1. The third-order valence-electron chi connectivity index (χ3n) is 2.58. The zero-order chi connectivity index (χ0) is 14.2. The summed E-state index contributed by atoms with van der Waals surface area (Å²) in [4.78, 5) is 12.1. The number of nitrogens with zero attached hydrogens (tertiary/aromatic N) is 1. The van der Waals surface area contributed by atoms with E-state index in [0.29, 0.717) is 16.5 Å². The van der Waals surface area contributed by atoms with Crippen LogP contribution in [-0.4, -0.2) is 16.3 Å². The van der Waals surface area contributed by atoms with Gasteiger partial charge in [-0.25, -0.2) is 9.18 Å². The van der Waals surface area contributed by atoms with Crippen molar-refractivity contribution < 1.29 is 13.9 Å². The number of hydrogen-bond acceptors (Lipinski definition) is 2. The van der Waals surface area contributed by atoms with Gasteiger partial charge in [-0.1, -0.05) is 0 Å². The smallest absolute Gasteiger partial charge is 0.419 e. The van der Waals surface area contributed by atoms with Crippen LogP contribution in [0.15, 0.2) is 24.4 Å². The van der Waals surface area contributed by atoms with Gasteiger partial charge in [0, 0.05) is 17.5 Å². The van der Waals surface area contributed by atoms with Gasteiger partial charge in [-0.2, -0.15) is 0 Å². The summed E-state index contributed by atoms with van der Waals surface area (Å²) < 4.78 is 19.9. The Labute approximate surface area is 115 Å². The van der Waals surface area contributed by atoms with Crippen LogP contribution >= 0.6 is 11.6 Å². The molecule has 3 nitrogen and oxygen atoms in total. The molecule has 0 atom stereocenters. The summed E-state index contributed by atoms with van der Waals surface area (Å²) in [6.07, 6.45) is 1.09. The Morgan fingerprint density at radius 1 is 1.42 bits per heavy atom. The molecule has 0 fully saturated rings. The lowest BCUT2D eigenvalue weighted by molar-refractivity contribution is 0.0544. The highest BCUT2D eigenvalue weighted by molar-refractivity contribution is 6.18. The van der Waals surface area contributed by atoms with Crippen molar-refractivity contribution in [1.82, 2.24) is 4.57 Å². The molecule has 0 N–H and O–H groups in total. The molecular weight excluding hydrogens is 269 g/mol. The number of carbonyl (C=O) groups excluding carboxylic acids is 1. The minimum absolute atomic E-state index is 0.204. The van der Waals surface area contributed by atoms with E-state index in [-0.39, 0.29) is 11.7 Å². The molecule has 0 unspecified atom stereocenters. The topological polar surface area (TPSA) is 31.2 Å². The molecule has 0 spiro atoms. The van der Waals surface area contributed by atoms with E-state index >= 15 is 0 Å². The molecule has 0 aliphatic carbocycles. The summed E-state index contributed by atoms with van der Waals surface area (Å²) >= 11 is 5.82. The minimum Gasteiger partial charge on any atom is -0.443 e. The van der Waals surface area contributed by atoms with Crippen molar-refractivity contribution in [2.45, 2.75) is 32.3 Å². The standard InChI is InChI=1S/C14H15ClFNO2/c1-14(2,3)19-13(18)17-8-9(7-15)11-6-10(16)4-5-12(11)17/h4-6,8H,7H2,1-3H3. The third kappa shape index (κ3) is 2.89. The average molecular weight is 284 g/mol. The maximum Gasteiger partial charge on any atom is 0.419 e. The first-order chi connectivity index (χ1) is 8.81. The largest absolute Gasteiger partial charge is 0.443 e. The van der Waals surface area contributed by atoms with Crippen LogP contribution < -0.4 is 0 Å². The van der Waals surface area contributed by atoms with Crippen LogP contribution in [0.3, 0.4) is 0 Å². The summed E-state index contributed by atoms with van der Waals surface area (Å²) in [7, 11) is 0. The van der Waals surface area contributed by atoms with Gasteiger partial charge < -0.3 is 4.74 Å². The number of ether oxygens (including phenoxy) is 1. The monoisotopic (exact) mass is 283 g/mol. The number of alkyl halides is 1. The van der Waals surface area contributed by atoms with E-state index in [1.165, 1.54) is 16.7 Å². The van der Waals surface area contributed by atoms with Crippen LogP contribution in [-0.2, 0) is 10.6 Å². The van der Waals surface area contributed by atoms with E-state index < -0.39 is 11.7 Å². The zero-order valence-electron chi connectivity index (χ0n) is 11.0. The molecule has 0 aliphatic rings. The lowest BCUT2D eigenvalue weighted by Gasteiger charge is -2.19. The Bertz CT molecular complexity index is 628. The number of halogens is 2. The van der Waals surface area contributed by atoms with Gasteiger partial charge in [-0.15, -0.1) is 11.6 Å². The third-order valence-corrected chi connectivity index (χ3v) is 2.87. The Morgan fingerprint density at radius 3 is 2.68 bits per heavy atom. The molecule has 102 valence electrons. The molecule has 1 heterocycles. The molecule has 1 aromatic heterocycles. The summed E-state index contributed by atoms with van der Waals surface area (Å²) in [5.41, 5.74) is 0.697. The van der Waals surface area contributed by atoms with Crippen molar-refractivity contribution >= 4 is 28.6 Å². The molecular formula is C14H15ClFNO2. The van der Waals surface area contributed by atoms with Gasteiger partial charge >= 0.3 is 6.09 Å². The van der Waals surface area contributed by atoms with E-state index in [1.807, 2.05) is 0 Å². The van der Waals surface area contributed by atoms with Crippen LogP contribution in [0.1, 0.15) is 26.3 Å². The molecule has 0 radical (unpaired) electrons. The highest BCUT2D eigenvalue weighted by atomic mass is 35.5. The van der Waals surface area contributed by atoms with E-state index in [0.717, 1.165) is 0 Å². The van der Waals surface area contributed by atoms with Crippen LogP contribution in [0.2, 0.25) is 0 Å². The van der Waals surface area contributed by atoms with Crippen LogP contribution in [0.25, 0.3) is 10.9 Å².